The zero-order chi connectivity index (χ0) is 13.3. The predicted octanol–water partition coefficient (Wildman–Crippen LogP) is 3.36. The molecule has 0 aromatic carbocycles. The summed E-state index contributed by atoms with van der Waals surface area (Å²) in [5.41, 5.74) is 1.11. The lowest BCUT2D eigenvalue weighted by atomic mass is 10.1. The van der Waals surface area contributed by atoms with Crippen LogP contribution in [0.2, 0.25) is 5.02 Å². The van der Waals surface area contributed by atoms with Crippen LogP contribution < -0.4 is 0 Å². The summed E-state index contributed by atoms with van der Waals surface area (Å²) < 4.78 is 2.57. The smallest absolute Gasteiger partial charge is 0.139 e. The highest BCUT2D eigenvalue weighted by molar-refractivity contribution is 9.10. The third-order valence-corrected chi connectivity index (χ3v) is 3.33. The minimum Gasteiger partial charge on any atom is -0.380 e. The Bertz CT molecular complexity index is 539. The summed E-state index contributed by atoms with van der Waals surface area (Å²) >= 11 is 9.39. The normalized spacial score (nSPS) is 13.0. The van der Waals surface area contributed by atoms with Gasteiger partial charge < -0.3 is 5.11 Å². The largest absolute Gasteiger partial charge is 0.380 e. The van der Waals surface area contributed by atoms with Gasteiger partial charge in [0.15, 0.2) is 0 Å². The molecular weight excluding hydrogens is 318 g/mol. The van der Waals surface area contributed by atoms with Gasteiger partial charge in [0.25, 0.3) is 0 Å². The van der Waals surface area contributed by atoms with Crippen molar-refractivity contribution in [2.45, 2.75) is 26.0 Å². The van der Waals surface area contributed by atoms with E-state index in [1.165, 1.54) is 0 Å². The minimum atomic E-state index is -0.879. The van der Waals surface area contributed by atoms with Crippen LogP contribution in [-0.2, 0) is 0 Å². The molecule has 1 unspecified atom stereocenters. The van der Waals surface area contributed by atoms with Crippen molar-refractivity contribution in [3.05, 3.63) is 45.4 Å². The van der Waals surface area contributed by atoms with Crippen LogP contribution in [0.1, 0.15) is 37.4 Å². The van der Waals surface area contributed by atoms with E-state index in [2.05, 4.69) is 26.0 Å². The molecule has 96 valence electrons. The van der Waals surface area contributed by atoms with Gasteiger partial charge in [-0.3, -0.25) is 9.67 Å². The van der Waals surface area contributed by atoms with Gasteiger partial charge in [-0.15, -0.1) is 0 Å². The Labute approximate surface area is 119 Å². The molecule has 1 atom stereocenters. The second-order valence-electron chi connectivity index (χ2n) is 4.22. The third-order valence-electron chi connectivity index (χ3n) is 2.57. The summed E-state index contributed by atoms with van der Waals surface area (Å²) in [5.74, 6) is 0. The van der Waals surface area contributed by atoms with Gasteiger partial charge in [0, 0.05) is 16.7 Å². The highest BCUT2D eigenvalue weighted by Crippen LogP contribution is 2.29. The van der Waals surface area contributed by atoms with E-state index in [0.29, 0.717) is 16.4 Å². The first-order valence-electron chi connectivity index (χ1n) is 5.53. The lowest BCUT2D eigenvalue weighted by Crippen LogP contribution is -2.13. The minimum absolute atomic E-state index is 0.123. The number of aromatic nitrogens is 3. The molecule has 0 amide bonds. The van der Waals surface area contributed by atoms with Gasteiger partial charge in [-0.05, 0) is 41.9 Å². The molecular formula is C12H13BrClN3O. The molecule has 0 bridgehead atoms. The van der Waals surface area contributed by atoms with Gasteiger partial charge in [-0.25, -0.2) is 0 Å². The zero-order valence-electron chi connectivity index (χ0n) is 10.0. The molecule has 2 aromatic heterocycles. The number of nitrogens with zero attached hydrogens (tertiary/aromatic N) is 3. The lowest BCUT2D eigenvalue weighted by molar-refractivity contribution is 0.200. The van der Waals surface area contributed by atoms with Crippen LogP contribution in [0.15, 0.2) is 29.0 Å². The molecule has 2 rings (SSSR count). The van der Waals surface area contributed by atoms with Crippen LogP contribution >= 0.6 is 27.5 Å². The number of aliphatic hydroxyl groups is 1. The van der Waals surface area contributed by atoms with Gasteiger partial charge in [-0.1, -0.05) is 11.6 Å². The molecule has 0 radical (unpaired) electrons. The maximum Gasteiger partial charge on any atom is 0.139 e. The van der Waals surface area contributed by atoms with Crippen LogP contribution in [-0.4, -0.2) is 19.9 Å². The van der Waals surface area contributed by atoms with Crippen molar-refractivity contribution in [1.82, 2.24) is 14.8 Å². The maximum absolute atomic E-state index is 10.4. The summed E-state index contributed by atoms with van der Waals surface area (Å²) in [6.45, 7) is 3.96. The van der Waals surface area contributed by atoms with E-state index in [4.69, 9.17) is 11.6 Å². The molecule has 0 aliphatic heterocycles. The fourth-order valence-electron chi connectivity index (χ4n) is 1.71. The third kappa shape index (κ3) is 2.58. The Balaban J connectivity index is 2.42. The molecule has 2 heterocycles. The number of halogens is 2. The number of pyridine rings is 1. The fourth-order valence-corrected chi connectivity index (χ4v) is 2.18. The van der Waals surface area contributed by atoms with Crippen molar-refractivity contribution < 1.29 is 5.11 Å². The Morgan fingerprint density at radius 3 is 2.61 bits per heavy atom. The molecule has 4 nitrogen and oxygen atoms in total. The Kier molecular flexibility index (Phi) is 4.04. The predicted molar refractivity (Wildman–Crippen MR) is 73.6 cm³/mol. The van der Waals surface area contributed by atoms with E-state index in [9.17, 15) is 5.11 Å². The summed E-state index contributed by atoms with van der Waals surface area (Å²) in [4.78, 5) is 4.18. The van der Waals surface area contributed by atoms with Gasteiger partial charge in [0.1, 0.15) is 6.10 Å². The molecule has 0 saturated heterocycles. The van der Waals surface area contributed by atoms with Gasteiger partial charge in [0.2, 0.25) is 0 Å². The molecule has 6 heteroatoms. The number of aliphatic hydroxyl groups excluding tert-OH is 1. The quantitative estimate of drug-likeness (QED) is 0.939. The Morgan fingerprint density at radius 2 is 2.06 bits per heavy atom. The average Bonchev–Trinajstić information content (AvgIpc) is 2.71. The van der Waals surface area contributed by atoms with Crippen LogP contribution in [0.3, 0.4) is 0 Å². The van der Waals surface area contributed by atoms with Crippen molar-refractivity contribution in [1.29, 1.82) is 0 Å². The highest BCUT2D eigenvalue weighted by atomic mass is 79.9. The second-order valence-corrected chi connectivity index (χ2v) is 5.54. The zero-order valence-corrected chi connectivity index (χ0v) is 12.4. The van der Waals surface area contributed by atoms with Gasteiger partial charge >= 0.3 is 0 Å². The first-order chi connectivity index (χ1) is 8.50. The van der Waals surface area contributed by atoms with Crippen LogP contribution in [0.5, 0.6) is 0 Å². The van der Waals surface area contributed by atoms with E-state index in [-0.39, 0.29) is 6.04 Å². The maximum atomic E-state index is 10.4. The van der Waals surface area contributed by atoms with Gasteiger partial charge in [-0.2, -0.15) is 5.10 Å². The van der Waals surface area contributed by atoms with E-state index in [0.717, 1.165) is 4.47 Å². The van der Waals surface area contributed by atoms with Crippen molar-refractivity contribution in [2.75, 3.05) is 0 Å². The van der Waals surface area contributed by atoms with Crippen molar-refractivity contribution in [3.8, 4) is 0 Å². The number of rotatable bonds is 3. The first kappa shape index (κ1) is 13.5. The highest BCUT2D eigenvalue weighted by Gasteiger charge is 2.22. The molecule has 0 aliphatic carbocycles. The van der Waals surface area contributed by atoms with Gasteiger partial charge in [0.05, 0.1) is 22.6 Å². The average molecular weight is 331 g/mol. The van der Waals surface area contributed by atoms with Crippen molar-refractivity contribution in [3.63, 3.8) is 0 Å². The Morgan fingerprint density at radius 1 is 1.33 bits per heavy atom. The van der Waals surface area contributed by atoms with E-state index >= 15 is 0 Å². The first-order valence-corrected chi connectivity index (χ1v) is 6.70. The summed E-state index contributed by atoms with van der Waals surface area (Å²) in [6, 6.07) is 3.70. The van der Waals surface area contributed by atoms with E-state index in [1.54, 1.807) is 23.1 Å². The SMILES string of the molecule is CC(C)n1ncc(Cl)c1C(O)c1ccc(Br)cn1. The second kappa shape index (κ2) is 5.38. The van der Waals surface area contributed by atoms with Crippen LogP contribution in [0.25, 0.3) is 0 Å². The molecule has 1 N–H and O–H groups in total. The van der Waals surface area contributed by atoms with Crippen molar-refractivity contribution >= 4 is 27.5 Å². The topological polar surface area (TPSA) is 50.9 Å². The molecule has 0 fully saturated rings. The summed E-state index contributed by atoms with van der Waals surface area (Å²) in [6.07, 6.45) is 2.30. The van der Waals surface area contributed by atoms with E-state index in [1.807, 2.05) is 19.9 Å². The Hall–Kier alpha value is -0.910. The summed E-state index contributed by atoms with van der Waals surface area (Å²) in [5, 5.41) is 15.0. The molecule has 0 spiro atoms. The molecule has 0 saturated carbocycles. The molecule has 0 aliphatic rings. The lowest BCUT2D eigenvalue weighted by Gasteiger charge is -2.16. The number of hydrogen-bond acceptors (Lipinski definition) is 3. The molecule has 18 heavy (non-hydrogen) atoms. The molecule has 2 aromatic rings. The number of hydrogen-bond donors (Lipinski definition) is 1. The standard InChI is InChI=1S/C12H13BrClN3O/c1-7(2)17-11(9(14)6-16-17)12(18)10-4-3-8(13)5-15-10/h3-7,12,18H,1-2H3. The summed E-state index contributed by atoms with van der Waals surface area (Å²) in [7, 11) is 0. The van der Waals surface area contributed by atoms with E-state index < -0.39 is 6.10 Å². The monoisotopic (exact) mass is 329 g/mol. The fraction of sp³-hybridized carbons (Fsp3) is 0.333. The van der Waals surface area contributed by atoms with Crippen LogP contribution in [0, 0.1) is 0 Å². The van der Waals surface area contributed by atoms with Crippen molar-refractivity contribution in [2.24, 2.45) is 0 Å². The van der Waals surface area contributed by atoms with Crippen LogP contribution in [0.4, 0.5) is 0 Å².